The summed E-state index contributed by atoms with van der Waals surface area (Å²) < 4.78 is 46.0. The van der Waals surface area contributed by atoms with Gasteiger partial charge in [0.1, 0.15) is 5.82 Å². The number of rotatable bonds is 5. The number of nitrogens with one attached hydrogen (secondary N) is 1. The third-order valence-electron chi connectivity index (χ3n) is 4.22. The van der Waals surface area contributed by atoms with Crippen molar-refractivity contribution in [1.29, 1.82) is 0 Å². The molecule has 0 saturated heterocycles. The van der Waals surface area contributed by atoms with E-state index in [-0.39, 0.29) is 10.8 Å². The monoisotopic (exact) mass is 409 g/mol. The topological polar surface area (TPSA) is 85.1 Å². The van der Waals surface area contributed by atoms with Crippen LogP contribution in [0.3, 0.4) is 0 Å². The summed E-state index contributed by atoms with van der Waals surface area (Å²) in [5.41, 5.74) is 2.50. The van der Waals surface area contributed by atoms with Crippen molar-refractivity contribution < 1.29 is 17.3 Å². The highest BCUT2D eigenvalue weighted by Gasteiger charge is 2.15. The fourth-order valence-corrected chi connectivity index (χ4v) is 3.76. The van der Waals surface area contributed by atoms with Crippen LogP contribution in [0.25, 0.3) is 22.8 Å². The minimum Gasteiger partial charge on any atom is -0.334 e. The molecule has 1 N–H and O–H groups in total. The minimum atomic E-state index is -3.68. The molecule has 0 radical (unpaired) electrons. The van der Waals surface area contributed by atoms with Crippen LogP contribution in [0.5, 0.6) is 0 Å². The molecule has 0 atom stereocenters. The zero-order valence-electron chi connectivity index (χ0n) is 15.3. The van der Waals surface area contributed by atoms with Crippen LogP contribution in [0.2, 0.25) is 0 Å². The first-order valence-corrected chi connectivity index (χ1v) is 10.2. The number of aryl methyl sites for hydroxylation is 1. The highest BCUT2D eigenvalue weighted by Crippen LogP contribution is 2.24. The van der Waals surface area contributed by atoms with Crippen molar-refractivity contribution in [3.8, 4) is 22.8 Å². The SMILES string of the molecule is Cc1ccc(S(=O)(=O)Nc2ccc(-c3noc(-c4cccc(F)c4)n3)cc2)cc1. The van der Waals surface area contributed by atoms with Gasteiger partial charge < -0.3 is 4.52 Å². The van der Waals surface area contributed by atoms with Crippen molar-refractivity contribution in [2.75, 3.05) is 4.72 Å². The maximum atomic E-state index is 13.4. The van der Waals surface area contributed by atoms with E-state index in [1.807, 2.05) is 6.92 Å². The summed E-state index contributed by atoms with van der Waals surface area (Å²) in [5, 5.41) is 3.91. The predicted molar refractivity (Wildman–Crippen MR) is 107 cm³/mol. The number of hydrogen-bond donors (Lipinski definition) is 1. The Morgan fingerprint density at radius 3 is 2.34 bits per heavy atom. The fraction of sp³-hybridized carbons (Fsp3) is 0.0476. The van der Waals surface area contributed by atoms with E-state index in [0.717, 1.165) is 5.56 Å². The maximum Gasteiger partial charge on any atom is 0.261 e. The van der Waals surface area contributed by atoms with Crippen molar-refractivity contribution in [3.05, 3.63) is 84.2 Å². The molecule has 3 aromatic carbocycles. The van der Waals surface area contributed by atoms with Crippen molar-refractivity contribution >= 4 is 15.7 Å². The van der Waals surface area contributed by atoms with Crippen LogP contribution >= 0.6 is 0 Å². The molecular formula is C21H16FN3O3S. The number of anilines is 1. The Morgan fingerprint density at radius 1 is 0.931 bits per heavy atom. The van der Waals surface area contributed by atoms with Gasteiger partial charge in [-0.3, -0.25) is 4.72 Å². The quantitative estimate of drug-likeness (QED) is 0.519. The third-order valence-corrected chi connectivity index (χ3v) is 5.62. The van der Waals surface area contributed by atoms with E-state index in [1.165, 1.54) is 12.1 Å². The van der Waals surface area contributed by atoms with Crippen molar-refractivity contribution in [3.63, 3.8) is 0 Å². The molecule has 146 valence electrons. The number of halogens is 1. The minimum absolute atomic E-state index is 0.185. The van der Waals surface area contributed by atoms with Gasteiger partial charge >= 0.3 is 0 Å². The van der Waals surface area contributed by atoms with Gasteiger partial charge in [-0.1, -0.05) is 28.9 Å². The van der Waals surface area contributed by atoms with E-state index in [9.17, 15) is 12.8 Å². The van der Waals surface area contributed by atoms with Crippen LogP contribution in [-0.4, -0.2) is 18.6 Å². The fourth-order valence-electron chi connectivity index (χ4n) is 2.70. The van der Waals surface area contributed by atoms with E-state index in [2.05, 4.69) is 14.9 Å². The van der Waals surface area contributed by atoms with Crippen LogP contribution in [0.4, 0.5) is 10.1 Å². The molecule has 29 heavy (non-hydrogen) atoms. The van der Waals surface area contributed by atoms with Gasteiger partial charge in [-0.2, -0.15) is 4.98 Å². The second-order valence-corrected chi connectivity index (χ2v) is 8.11. The molecule has 1 aromatic heterocycles. The summed E-state index contributed by atoms with van der Waals surface area (Å²) >= 11 is 0. The normalized spacial score (nSPS) is 11.4. The zero-order valence-corrected chi connectivity index (χ0v) is 16.2. The molecule has 1 heterocycles. The van der Waals surface area contributed by atoms with Gasteiger partial charge in [0.05, 0.1) is 4.90 Å². The average Bonchev–Trinajstić information content (AvgIpc) is 3.19. The van der Waals surface area contributed by atoms with Crippen molar-refractivity contribution in [1.82, 2.24) is 10.1 Å². The molecule has 0 fully saturated rings. The summed E-state index contributed by atoms with van der Waals surface area (Å²) in [6.07, 6.45) is 0. The lowest BCUT2D eigenvalue weighted by Gasteiger charge is -2.08. The molecule has 6 nitrogen and oxygen atoms in total. The van der Waals surface area contributed by atoms with E-state index in [0.29, 0.717) is 22.6 Å². The molecule has 0 saturated carbocycles. The van der Waals surface area contributed by atoms with Gasteiger partial charge in [0.2, 0.25) is 5.82 Å². The van der Waals surface area contributed by atoms with Gasteiger partial charge in [-0.05, 0) is 61.5 Å². The Labute approximate surface area is 167 Å². The van der Waals surface area contributed by atoms with Crippen LogP contribution in [0.15, 0.2) is 82.2 Å². The van der Waals surface area contributed by atoms with Crippen LogP contribution in [0.1, 0.15) is 5.56 Å². The first-order valence-electron chi connectivity index (χ1n) is 8.70. The molecule has 0 spiro atoms. The van der Waals surface area contributed by atoms with Crippen LogP contribution in [0, 0.1) is 12.7 Å². The summed E-state index contributed by atoms with van der Waals surface area (Å²) in [4.78, 5) is 4.45. The van der Waals surface area contributed by atoms with Gasteiger partial charge in [0.15, 0.2) is 0 Å². The summed E-state index contributed by atoms with van der Waals surface area (Å²) in [7, 11) is -3.68. The molecule has 0 unspecified atom stereocenters. The third kappa shape index (κ3) is 4.17. The molecule has 4 aromatic rings. The van der Waals surface area contributed by atoms with Crippen molar-refractivity contribution in [2.24, 2.45) is 0 Å². The van der Waals surface area contributed by atoms with Crippen LogP contribution < -0.4 is 4.72 Å². The highest BCUT2D eigenvalue weighted by atomic mass is 32.2. The Morgan fingerprint density at radius 2 is 1.66 bits per heavy atom. The van der Waals surface area contributed by atoms with Crippen LogP contribution in [-0.2, 0) is 10.0 Å². The van der Waals surface area contributed by atoms with Gasteiger partial charge in [-0.15, -0.1) is 0 Å². The number of aromatic nitrogens is 2. The first kappa shape index (κ1) is 18.8. The van der Waals surface area contributed by atoms with E-state index in [4.69, 9.17) is 4.52 Å². The molecule has 0 aliphatic rings. The number of hydrogen-bond acceptors (Lipinski definition) is 5. The molecule has 0 aliphatic heterocycles. The van der Waals surface area contributed by atoms with E-state index >= 15 is 0 Å². The Bertz CT molecular complexity index is 1250. The van der Waals surface area contributed by atoms with Crippen molar-refractivity contribution in [2.45, 2.75) is 11.8 Å². The van der Waals surface area contributed by atoms with Gasteiger partial charge in [-0.25, -0.2) is 12.8 Å². The van der Waals surface area contributed by atoms with E-state index in [1.54, 1.807) is 60.7 Å². The molecule has 4 rings (SSSR count). The highest BCUT2D eigenvalue weighted by molar-refractivity contribution is 7.92. The second kappa shape index (κ2) is 7.48. The lowest BCUT2D eigenvalue weighted by molar-refractivity contribution is 0.432. The summed E-state index contributed by atoms with van der Waals surface area (Å²) in [6.45, 7) is 1.89. The average molecular weight is 409 g/mol. The molecular weight excluding hydrogens is 393 g/mol. The smallest absolute Gasteiger partial charge is 0.261 e. The maximum absolute atomic E-state index is 13.4. The molecule has 8 heteroatoms. The first-order chi connectivity index (χ1) is 13.9. The van der Waals surface area contributed by atoms with E-state index < -0.39 is 15.8 Å². The molecule has 0 aliphatic carbocycles. The Kier molecular flexibility index (Phi) is 4.85. The lowest BCUT2D eigenvalue weighted by Crippen LogP contribution is -2.12. The summed E-state index contributed by atoms with van der Waals surface area (Å²) in [6, 6.07) is 19.0. The number of benzene rings is 3. The molecule has 0 bridgehead atoms. The van der Waals surface area contributed by atoms with Gasteiger partial charge in [0.25, 0.3) is 15.9 Å². The second-order valence-electron chi connectivity index (χ2n) is 6.43. The number of sulfonamides is 1. The Hall–Kier alpha value is -3.52. The largest absolute Gasteiger partial charge is 0.334 e. The van der Waals surface area contributed by atoms with Gasteiger partial charge in [0, 0.05) is 16.8 Å². The Balaban J connectivity index is 1.53. The summed E-state index contributed by atoms with van der Waals surface area (Å²) in [5.74, 6) is 0.119. The standard InChI is InChI=1S/C21H16FN3O3S/c1-14-5-11-19(12-6-14)29(26,27)25-18-9-7-15(8-10-18)20-23-21(28-24-20)16-3-2-4-17(22)13-16/h2-13,25H,1H3. The molecule has 0 amide bonds. The predicted octanol–water partition coefficient (Wildman–Crippen LogP) is 4.65. The lowest BCUT2D eigenvalue weighted by atomic mass is 10.2. The number of nitrogens with zero attached hydrogens (tertiary/aromatic N) is 2. The zero-order chi connectivity index (χ0) is 20.4.